The van der Waals surface area contributed by atoms with Gasteiger partial charge in [0.05, 0.1) is 18.4 Å². The molecule has 5 heteroatoms. The molecule has 1 aromatic rings. The smallest absolute Gasteiger partial charge is 0.317 e. The molecule has 5 nitrogen and oxygen atoms in total. The van der Waals surface area contributed by atoms with Gasteiger partial charge in [-0.2, -0.15) is 0 Å². The summed E-state index contributed by atoms with van der Waals surface area (Å²) in [6, 6.07) is 6.25. The number of hydrogen-bond donors (Lipinski definition) is 1. The number of pyridine rings is 1. The summed E-state index contributed by atoms with van der Waals surface area (Å²) in [5.41, 5.74) is 0.961. The number of hydrogen-bond acceptors (Lipinski definition) is 3. The van der Waals surface area contributed by atoms with E-state index in [4.69, 9.17) is 4.74 Å². The van der Waals surface area contributed by atoms with Gasteiger partial charge in [-0.05, 0) is 50.7 Å². The van der Waals surface area contributed by atoms with Crippen LogP contribution < -0.4 is 5.32 Å². The lowest BCUT2D eigenvalue weighted by atomic mass is 10.00. The van der Waals surface area contributed by atoms with E-state index in [1.54, 1.807) is 6.20 Å². The van der Waals surface area contributed by atoms with Gasteiger partial charge in [-0.15, -0.1) is 0 Å². The Kier molecular flexibility index (Phi) is 6.07. The van der Waals surface area contributed by atoms with Crippen LogP contribution in [0.15, 0.2) is 24.4 Å². The summed E-state index contributed by atoms with van der Waals surface area (Å²) in [4.78, 5) is 18.6. The molecule has 1 aliphatic heterocycles. The molecule has 1 aromatic heterocycles. The monoisotopic (exact) mass is 331 g/mol. The summed E-state index contributed by atoms with van der Waals surface area (Å²) in [6.07, 6.45) is 8.94. The Morgan fingerprint density at radius 2 is 2.04 bits per heavy atom. The normalized spacial score (nSPS) is 21.0. The molecule has 1 saturated carbocycles. The van der Waals surface area contributed by atoms with Gasteiger partial charge in [0.2, 0.25) is 0 Å². The van der Waals surface area contributed by atoms with Crippen molar-refractivity contribution in [2.24, 2.45) is 5.92 Å². The number of amides is 2. The first-order valence-corrected chi connectivity index (χ1v) is 9.29. The minimum atomic E-state index is 0.0950. The summed E-state index contributed by atoms with van der Waals surface area (Å²) in [6.45, 7) is 4.25. The number of likely N-dealkylation sites (tertiary alicyclic amines) is 1. The van der Waals surface area contributed by atoms with Crippen molar-refractivity contribution in [2.75, 3.05) is 13.1 Å². The molecule has 0 unspecified atom stereocenters. The van der Waals surface area contributed by atoms with Crippen molar-refractivity contribution in [3.63, 3.8) is 0 Å². The molecule has 0 radical (unpaired) electrons. The Morgan fingerprint density at radius 1 is 1.29 bits per heavy atom. The van der Waals surface area contributed by atoms with Crippen molar-refractivity contribution in [2.45, 2.75) is 64.2 Å². The molecule has 0 bridgehead atoms. The van der Waals surface area contributed by atoms with Crippen molar-refractivity contribution < 1.29 is 9.53 Å². The van der Waals surface area contributed by atoms with Crippen LogP contribution in [0.1, 0.15) is 51.1 Å². The maximum Gasteiger partial charge on any atom is 0.317 e. The summed E-state index contributed by atoms with van der Waals surface area (Å²) in [7, 11) is 0. The zero-order valence-corrected chi connectivity index (χ0v) is 14.6. The first kappa shape index (κ1) is 17.2. The van der Waals surface area contributed by atoms with Crippen molar-refractivity contribution in [3.05, 3.63) is 30.1 Å². The first-order chi connectivity index (χ1) is 11.7. The topological polar surface area (TPSA) is 54.5 Å². The van der Waals surface area contributed by atoms with E-state index in [9.17, 15) is 4.79 Å². The lowest BCUT2D eigenvalue weighted by Crippen LogP contribution is -2.49. The molecule has 1 atom stereocenters. The second-order valence-electron chi connectivity index (χ2n) is 7.10. The molecule has 2 amide bonds. The van der Waals surface area contributed by atoms with Crippen LogP contribution in [0.2, 0.25) is 0 Å². The molecule has 132 valence electrons. The van der Waals surface area contributed by atoms with Gasteiger partial charge in [0.25, 0.3) is 0 Å². The highest BCUT2D eigenvalue weighted by Crippen LogP contribution is 2.27. The predicted molar refractivity (Wildman–Crippen MR) is 93.6 cm³/mol. The Bertz CT molecular complexity index is 509. The number of ether oxygens (including phenoxy) is 1. The highest BCUT2D eigenvalue weighted by molar-refractivity contribution is 5.74. The van der Waals surface area contributed by atoms with E-state index < -0.39 is 0 Å². The lowest BCUT2D eigenvalue weighted by molar-refractivity contribution is 0.00282. The van der Waals surface area contributed by atoms with Crippen molar-refractivity contribution in [1.82, 2.24) is 15.2 Å². The number of nitrogens with zero attached hydrogens (tertiary/aromatic N) is 2. The molecular formula is C19H29N3O2. The fraction of sp³-hybridized carbons (Fsp3) is 0.684. The minimum absolute atomic E-state index is 0.0950. The zero-order valence-electron chi connectivity index (χ0n) is 14.6. The molecule has 24 heavy (non-hydrogen) atoms. The van der Waals surface area contributed by atoms with Crippen LogP contribution in [-0.4, -0.2) is 41.2 Å². The van der Waals surface area contributed by atoms with E-state index in [0.29, 0.717) is 12.5 Å². The largest absolute Gasteiger partial charge is 0.372 e. The fourth-order valence-electron chi connectivity index (χ4n) is 3.77. The number of carbonyl (C=O) groups excluding carboxylic acids is 1. The molecule has 1 N–H and O–H groups in total. The molecule has 0 aromatic carbocycles. The highest BCUT2D eigenvalue weighted by atomic mass is 16.5. The quantitative estimate of drug-likeness (QED) is 0.900. The minimum Gasteiger partial charge on any atom is -0.372 e. The second kappa shape index (κ2) is 8.47. The first-order valence-electron chi connectivity index (χ1n) is 9.29. The van der Waals surface area contributed by atoms with E-state index in [1.807, 2.05) is 23.1 Å². The van der Waals surface area contributed by atoms with Gasteiger partial charge in [0, 0.05) is 25.3 Å². The molecule has 1 saturated heterocycles. The average Bonchev–Trinajstić information content (AvgIpc) is 3.16. The molecule has 2 heterocycles. The number of piperidine rings is 1. The summed E-state index contributed by atoms with van der Waals surface area (Å²) in [5, 5.41) is 3.20. The van der Waals surface area contributed by atoms with E-state index >= 15 is 0 Å². The molecule has 2 aliphatic rings. The molecular weight excluding hydrogens is 302 g/mol. The number of aromatic nitrogens is 1. The standard InChI is InChI=1S/C19H29N3O2/c1-15(16-6-2-3-7-16)21-19(23)22-12-9-18(10-13-22)24-14-17-8-4-5-11-20-17/h4-5,8,11,15-16,18H,2-3,6-7,9-10,12-14H2,1H3,(H,21,23)/t15-/m1/s1. The Hall–Kier alpha value is -1.62. The second-order valence-corrected chi connectivity index (χ2v) is 7.10. The van der Waals surface area contributed by atoms with Gasteiger partial charge in [0.1, 0.15) is 0 Å². The van der Waals surface area contributed by atoms with Gasteiger partial charge >= 0.3 is 6.03 Å². The number of nitrogens with one attached hydrogen (secondary N) is 1. The average molecular weight is 331 g/mol. The van der Waals surface area contributed by atoms with Gasteiger partial charge in [-0.25, -0.2) is 4.79 Å². The third kappa shape index (κ3) is 4.69. The summed E-state index contributed by atoms with van der Waals surface area (Å²) in [5.74, 6) is 0.660. The van der Waals surface area contributed by atoms with E-state index in [2.05, 4.69) is 17.2 Å². The van der Waals surface area contributed by atoms with Crippen LogP contribution in [0.3, 0.4) is 0 Å². The Labute approximate surface area is 144 Å². The third-order valence-corrected chi connectivity index (χ3v) is 5.38. The van der Waals surface area contributed by atoms with Crippen LogP contribution in [0.4, 0.5) is 4.79 Å². The van der Waals surface area contributed by atoms with Crippen LogP contribution in [0.25, 0.3) is 0 Å². The number of rotatable bonds is 5. The van der Waals surface area contributed by atoms with Crippen LogP contribution in [0.5, 0.6) is 0 Å². The van der Waals surface area contributed by atoms with Gasteiger partial charge in [-0.3, -0.25) is 4.98 Å². The number of carbonyl (C=O) groups is 1. The Morgan fingerprint density at radius 3 is 2.71 bits per heavy atom. The molecule has 2 fully saturated rings. The Balaban J connectivity index is 1.37. The maximum atomic E-state index is 12.4. The third-order valence-electron chi connectivity index (χ3n) is 5.38. The fourth-order valence-corrected chi connectivity index (χ4v) is 3.77. The van der Waals surface area contributed by atoms with Crippen molar-refractivity contribution in [3.8, 4) is 0 Å². The van der Waals surface area contributed by atoms with Crippen molar-refractivity contribution in [1.29, 1.82) is 0 Å². The van der Waals surface area contributed by atoms with E-state index in [1.165, 1.54) is 25.7 Å². The predicted octanol–water partition coefficient (Wildman–Crippen LogP) is 3.35. The molecule has 1 aliphatic carbocycles. The lowest BCUT2D eigenvalue weighted by Gasteiger charge is -2.33. The van der Waals surface area contributed by atoms with Crippen LogP contribution >= 0.6 is 0 Å². The van der Waals surface area contributed by atoms with E-state index in [0.717, 1.165) is 31.6 Å². The van der Waals surface area contributed by atoms with Crippen molar-refractivity contribution >= 4 is 6.03 Å². The zero-order chi connectivity index (χ0) is 16.8. The SMILES string of the molecule is C[C@@H](NC(=O)N1CCC(OCc2ccccn2)CC1)C1CCCC1. The summed E-state index contributed by atoms with van der Waals surface area (Å²) >= 11 is 0. The highest BCUT2D eigenvalue weighted by Gasteiger charge is 2.27. The van der Waals surface area contributed by atoms with E-state index in [-0.39, 0.29) is 18.2 Å². The molecule has 3 rings (SSSR count). The number of urea groups is 1. The molecule has 0 spiro atoms. The van der Waals surface area contributed by atoms with Crippen LogP contribution in [-0.2, 0) is 11.3 Å². The maximum absolute atomic E-state index is 12.4. The van der Waals surface area contributed by atoms with Gasteiger partial charge in [0.15, 0.2) is 0 Å². The van der Waals surface area contributed by atoms with Gasteiger partial charge < -0.3 is 15.0 Å². The van der Waals surface area contributed by atoms with Gasteiger partial charge in [-0.1, -0.05) is 18.9 Å². The van der Waals surface area contributed by atoms with Crippen LogP contribution in [0, 0.1) is 5.92 Å². The summed E-state index contributed by atoms with van der Waals surface area (Å²) < 4.78 is 5.94.